The zero-order chi connectivity index (χ0) is 9.64. The van der Waals surface area contributed by atoms with Crippen LogP contribution in [0.3, 0.4) is 0 Å². The van der Waals surface area contributed by atoms with Gasteiger partial charge in [-0.3, -0.25) is 0 Å². The summed E-state index contributed by atoms with van der Waals surface area (Å²) >= 11 is 0. The van der Waals surface area contributed by atoms with Gasteiger partial charge in [-0.25, -0.2) is 0 Å². The normalized spacial score (nSPS) is 45.0. The number of aliphatic hydroxyl groups excluding tert-OH is 1. The van der Waals surface area contributed by atoms with Gasteiger partial charge < -0.3 is 10.2 Å². The third-order valence-electron chi connectivity index (χ3n) is 3.96. The molecule has 0 aliphatic heterocycles. The van der Waals surface area contributed by atoms with Crippen LogP contribution in [0.25, 0.3) is 0 Å². The Hall–Kier alpha value is -0.0800. The van der Waals surface area contributed by atoms with E-state index in [1.807, 2.05) is 13.8 Å². The smallest absolute Gasteiger partial charge is 0.0682 e. The molecule has 0 aromatic carbocycles. The van der Waals surface area contributed by atoms with Crippen LogP contribution in [0.4, 0.5) is 0 Å². The lowest BCUT2D eigenvalue weighted by Crippen LogP contribution is -2.40. The van der Waals surface area contributed by atoms with Crippen molar-refractivity contribution in [2.45, 2.75) is 51.2 Å². The second kappa shape index (κ2) is 2.96. The molecule has 3 aliphatic carbocycles. The fourth-order valence-electron chi connectivity index (χ4n) is 2.94. The second-order valence-electron chi connectivity index (χ2n) is 5.36. The van der Waals surface area contributed by atoms with Gasteiger partial charge in [-0.05, 0) is 43.4 Å². The van der Waals surface area contributed by atoms with Gasteiger partial charge in [0, 0.05) is 0 Å². The van der Waals surface area contributed by atoms with Crippen LogP contribution in [0.5, 0.6) is 0 Å². The van der Waals surface area contributed by atoms with Crippen molar-refractivity contribution in [3.8, 4) is 0 Å². The molecule has 2 N–H and O–H groups in total. The number of aliphatic hydroxyl groups is 2. The molecular weight excluding hydrogens is 164 g/mol. The molecule has 2 nitrogen and oxygen atoms in total. The van der Waals surface area contributed by atoms with Crippen molar-refractivity contribution in [2.75, 3.05) is 0 Å². The van der Waals surface area contributed by atoms with Crippen LogP contribution in [0, 0.1) is 17.8 Å². The van der Waals surface area contributed by atoms with E-state index in [0.29, 0.717) is 11.8 Å². The fraction of sp³-hybridized carbons (Fsp3) is 1.00. The first-order valence-electron chi connectivity index (χ1n) is 5.42. The van der Waals surface area contributed by atoms with Gasteiger partial charge >= 0.3 is 0 Å². The van der Waals surface area contributed by atoms with E-state index in [1.54, 1.807) is 0 Å². The van der Waals surface area contributed by atoms with Crippen molar-refractivity contribution in [2.24, 2.45) is 17.8 Å². The monoisotopic (exact) mass is 184 g/mol. The number of fused-ring (bicyclic) bond motifs is 1. The Labute approximate surface area is 80.0 Å². The molecule has 0 aromatic rings. The molecule has 3 rings (SSSR count). The highest BCUT2D eigenvalue weighted by molar-refractivity contribution is 5.07. The summed E-state index contributed by atoms with van der Waals surface area (Å²) in [5, 5.41) is 19.8. The van der Waals surface area contributed by atoms with Gasteiger partial charge in [0.2, 0.25) is 0 Å². The summed E-state index contributed by atoms with van der Waals surface area (Å²) < 4.78 is 0. The van der Waals surface area contributed by atoms with E-state index in [2.05, 4.69) is 0 Å². The van der Waals surface area contributed by atoms with E-state index in [4.69, 9.17) is 0 Å². The molecule has 3 fully saturated rings. The molecule has 2 unspecified atom stereocenters. The van der Waals surface area contributed by atoms with E-state index in [0.717, 1.165) is 31.6 Å². The van der Waals surface area contributed by atoms with E-state index in [9.17, 15) is 10.2 Å². The summed E-state index contributed by atoms with van der Waals surface area (Å²) in [4.78, 5) is 0. The molecular formula is C11H20O2. The van der Waals surface area contributed by atoms with Crippen LogP contribution in [0.2, 0.25) is 0 Å². The molecule has 2 bridgehead atoms. The molecule has 2 heteroatoms. The molecule has 0 radical (unpaired) electrons. The highest BCUT2D eigenvalue weighted by Crippen LogP contribution is 2.57. The summed E-state index contributed by atoms with van der Waals surface area (Å²) in [5.74, 6) is 1.45. The summed E-state index contributed by atoms with van der Waals surface area (Å²) in [5.41, 5.74) is -0.388. The largest absolute Gasteiger partial charge is 0.393 e. The van der Waals surface area contributed by atoms with Crippen LogP contribution in [-0.2, 0) is 0 Å². The first kappa shape index (κ1) is 9.47. The van der Waals surface area contributed by atoms with Crippen molar-refractivity contribution in [1.29, 1.82) is 0 Å². The molecule has 3 aliphatic rings. The van der Waals surface area contributed by atoms with E-state index in [-0.39, 0.29) is 11.7 Å². The van der Waals surface area contributed by atoms with Gasteiger partial charge in [0.15, 0.2) is 0 Å². The highest BCUT2D eigenvalue weighted by Gasteiger charge is 2.56. The van der Waals surface area contributed by atoms with Crippen molar-refractivity contribution < 1.29 is 10.2 Å². The molecule has 0 spiro atoms. The molecule has 13 heavy (non-hydrogen) atoms. The van der Waals surface area contributed by atoms with Crippen molar-refractivity contribution in [3.05, 3.63) is 0 Å². The summed E-state index contributed by atoms with van der Waals surface area (Å²) in [6.45, 7) is 4.07. The van der Waals surface area contributed by atoms with E-state index < -0.39 is 0 Å². The summed E-state index contributed by atoms with van der Waals surface area (Å²) in [7, 11) is 0. The van der Waals surface area contributed by atoms with Gasteiger partial charge in [-0.15, -0.1) is 0 Å². The molecule has 0 aromatic heterocycles. The molecule has 0 amide bonds. The SMILES string of the molecule is CC(C)C(O)CC1CC2CC1(O)C2. The topological polar surface area (TPSA) is 40.5 Å². The maximum atomic E-state index is 10.0. The number of hydrogen-bond donors (Lipinski definition) is 2. The fourth-order valence-corrected chi connectivity index (χ4v) is 2.94. The number of rotatable bonds is 3. The molecule has 3 saturated carbocycles. The Morgan fingerprint density at radius 3 is 2.38 bits per heavy atom. The van der Waals surface area contributed by atoms with Gasteiger partial charge in [0.1, 0.15) is 0 Å². The van der Waals surface area contributed by atoms with Gasteiger partial charge in [0.05, 0.1) is 11.7 Å². The predicted octanol–water partition coefficient (Wildman–Crippen LogP) is 1.55. The van der Waals surface area contributed by atoms with Crippen LogP contribution >= 0.6 is 0 Å². The molecule has 76 valence electrons. The minimum Gasteiger partial charge on any atom is -0.393 e. The van der Waals surface area contributed by atoms with Gasteiger partial charge in [-0.2, -0.15) is 0 Å². The van der Waals surface area contributed by atoms with E-state index >= 15 is 0 Å². The van der Waals surface area contributed by atoms with E-state index in [1.165, 1.54) is 0 Å². The first-order valence-corrected chi connectivity index (χ1v) is 5.42. The third-order valence-corrected chi connectivity index (χ3v) is 3.96. The lowest BCUT2D eigenvalue weighted by atomic mass is 9.76. The lowest BCUT2D eigenvalue weighted by Gasteiger charge is -2.37. The Kier molecular flexibility index (Phi) is 2.16. The molecule has 0 saturated heterocycles. The maximum Gasteiger partial charge on any atom is 0.0682 e. The van der Waals surface area contributed by atoms with Gasteiger partial charge in [-0.1, -0.05) is 13.8 Å². The summed E-state index contributed by atoms with van der Waals surface area (Å²) in [6.07, 6.45) is 3.68. The third kappa shape index (κ3) is 1.50. The molecule has 2 atom stereocenters. The Bertz CT molecular complexity index is 194. The predicted molar refractivity (Wildman–Crippen MR) is 51.2 cm³/mol. The van der Waals surface area contributed by atoms with Crippen LogP contribution in [0.1, 0.15) is 39.5 Å². The first-order chi connectivity index (χ1) is 6.01. The highest BCUT2D eigenvalue weighted by atomic mass is 16.3. The Morgan fingerprint density at radius 1 is 1.38 bits per heavy atom. The van der Waals surface area contributed by atoms with Crippen LogP contribution < -0.4 is 0 Å². The maximum absolute atomic E-state index is 10.0. The zero-order valence-electron chi connectivity index (χ0n) is 8.53. The van der Waals surface area contributed by atoms with Crippen molar-refractivity contribution in [3.63, 3.8) is 0 Å². The Balaban J connectivity index is 1.89. The summed E-state index contributed by atoms with van der Waals surface area (Å²) in [6, 6.07) is 0. The van der Waals surface area contributed by atoms with Crippen molar-refractivity contribution in [1.82, 2.24) is 0 Å². The van der Waals surface area contributed by atoms with Gasteiger partial charge in [0.25, 0.3) is 0 Å². The quantitative estimate of drug-likeness (QED) is 0.698. The van der Waals surface area contributed by atoms with Crippen LogP contribution in [0.15, 0.2) is 0 Å². The second-order valence-corrected chi connectivity index (χ2v) is 5.36. The van der Waals surface area contributed by atoms with Crippen molar-refractivity contribution >= 4 is 0 Å². The number of hydrogen-bond acceptors (Lipinski definition) is 2. The lowest BCUT2D eigenvalue weighted by molar-refractivity contribution is -0.0620. The standard InChI is InChI=1S/C11H20O2/c1-7(2)10(12)4-9-3-8-5-11(9,13)6-8/h7-10,12-13H,3-6H2,1-2H3. The average Bonchev–Trinajstić information content (AvgIpc) is 2.40. The minimum atomic E-state index is -0.388. The average molecular weight is 184 g/mol. The minimum absolute atomic E-state index is 0.228. The zero-order valence-corrected chi connectivity index (χ0v) is 8.53. The van der Waals surface area contributed by atoms with Crippen LogP contribution in [-0.4, -0.2) is 21.9 Å². The molecule has 0 heterocycles. The Morgan fingerprint density at radius 2 is 2.00 bits per heavy atom.